The van der Waals surface area contributed by atoms with Crippen LogP contribution in [0.3, 0.4) is 0 Å². The lowest BCUT2D eigenvalue weighted by molar-refractivity contribution is 0.391. The quantitative estimate of drug-likeness (QED) is 0.494. The minimum atomic E-state index is 0.953. The van der Waals surface area contributed by atoms with Gasteiger partial charge in [0.1, 0.15) is 0 Å². The van der Waals surface area contributed by atoms with Gasteiger partial charge < -0.3 is 0 Å². The van der Waals surface area contributed by atoms with Gasteiger partial charge in [0.2, 0.25) is 0 Å². The molecule has 0 aromatic carbocycles. The fourth-order valence-corrected chi connectivity index (χ4v) is 1.96. The van der Waals surface area contributed by atoms with Crippen LogP contribution in [0.5, 0.6) is 0 Å². The monoisotopic (exact) mass is 201 g/mol. The lowest BCUT2D eigenvalue weighted by atomic mass is 9.92. The maximum atomic E-state index is 5.00. The molecular weight excluding hydrogens is 176 g/mol. The van der Waals surface area contributed by atoms with E-state index in [-0.39, 0.29) is 0 Å². The molecule has 13 heavy (non-hydrogen) atoms. The van der Waals surface area contributed by atoms with E-state index in [2.05, 4.69) is 13.8 Å². The molecule has 0 spiro atoms. The van der Waals surface area contributed by atoms with Crippen LogP contribution in [0.1, 0.15) is 65.2 Å². The van der Waals surface area contributed by atoms with Crippen molar-refractivity contribution in [2.45, 2.75) is 65.2 Å². The molecule has 0 aliphatic rings. The Morgan fingerprint density at radius 3 is 1.69 bits per heavy atom. The summed E-state index contributed by atoms with van der Waals surface area (Å²) in [5.41, 5.74) is 0. The summed E-state index contributed by atoms with van der Waals surface area (Å²) in [4.78, 5) is 0. The third-order valence-corrected chi connectivity index (χ3v) is 2.98. The highest BCUT2D eigenvalue weighted by atomic mass is 32.1. The smallest absolute Gasteiger partial charge is 0.00370 e. The number of hydrogen-bond donors (Lipinski definition) is 0. The SMILES string of the molecule is CCCCC(CCCC)CCC[S]. The molecular formula is C12H25S. The van der Waals surface area contributed by atoms with Gasteiger partial charge in [-0.05, 0) is 18.8 Å². The maximum absolute atomic E-state index is 5.00. The van der Waals surface area contributed by atoms with Crippen LogP contribution in [-0.4, -0.2) is 5.75 Å². The molecule has 0 heterocycles. The fourth-order valence-electron chi connectivity index (χ4n) is 1.79. The molecule has 0 bridgehead atoms. The van der Waals surface area contributed by atoms with E-state index in [1.165, 1.54) is 51.4 Å². The summed E-state index contributed by atoms with van der Waals surface area (Å²) in [6, 6.07) is 0. The summed E-state index contributed by atoms with van der Waals surface area (Å²) in [7, 11) is 0. The van der Waals surface area contributed by atoms with Crippen molar-refractivity contribution in [1.29, 1.82) is 0 Å². The fraction of sp³-hybridized carbons (Fsp3) is 1.00. The Morgan fingerprint density at radius 1 is 0.846 bits per heavy atom. The van der Waals surface area contributed by atoms with E-state index >= 15 is 0 Å². The summed E-state index contributed by atoms with van der Waals surface area (Å²) in [6.45, 7) is 4.56. The van der Waals surface area contributed by atoms with Crippen molar-refractivity contribution in [3.05, 3.63) is 0 Å². The van der Waals surface area contributed by atoms with Crippen molar-refractivity contribution in [1.82, 2.24) is 0 Å². The van der Waals surface area contributed by atoms with E-state index in [0.29, 0.717) is 0 Å². The van der Waals surface area contributed by atoms with Gasteiger partial charge in [0.25, 0.3) is 0 Å². The highest BCUT2D eigenvalue weighted by molar-refractivity contribution is 7.80. The minimum absolute atomic E-state index is 0.953. The average Bonchev–Trinajstić information content (AvgIpc) is 2.17. The molecule has 79 valence electrons. The lowest BCUT2D eigenvalue weighted by Gasteiger charge is -2.15. The Hall–Kier alpha value is 0.350. The van der Waals surface area contributed by atoms with Crippen molar-refractivity contribution in [2.75, 3.05) is 5.75 Å². The molecule has 0 nitrogen and oxygen atoms in total. The van der Waals surface area contributed by atoms with Gasteiger partial charge in [-0.1, -0.05) is 65.0 Å². The number of rotatable bonds is 9. The molecule has 0 fully saturated rings. The molecule has 0 aliphatic carbocycles. The van der Waals surface area contributed by atoms with Gasteiger partial charge >= 0.3 is 0 Å². The van der Waals surface area contributed by atoms with Gasteiger partial charge in [-0.15, -0.1) is 0 Å². The molecule has 0 unspecified atom stereocenters. The highest BCUT2D eigenvalue weighted by Gasteiger charge is 2.06. The zero-order valence-corrected chi connectivity index (χ0v) is 10.2. The Kier molecular flexibility index (Phi) is 10.7. The first-order chi connectivity index (χ1) is 6.35. The second-order valence-electron chi connectivity index (χ2n) is 4.00. The third kappa shape index (κ3) is 8.67. The Morgan fingerprint density at radius 2 is 1.31 bits per heavy atom. The number of unbranched alkanes of at least 4 members (excludes halogenated alkanes) is 2. The second-order valence-corrected chi connectivity index (χ2v) is 4.41. The van der Waals surface area contributed by atoms with Gasteiger partial charge in [-0.3, -0.25) is 0 Å². The predicted octanol–water partition coefficient (Wildman–Crippen LogP) is 4.96. The first kappa shape index (κ1) is 13.4. The normalized spacial score (nSPS) is 11.1. The molecule has 0 saturated carbocycles. The molecule has 0 aliphatic heterocycles. The lowest BCUT2D eigenvalue weighted by Crippen LogP contribution is -2.01. The molecule has 0 saturated heterocycles. The van der Waals surface area contributed by atoms with Crippen molar-refractivity contribution in [3.63, 3.8) is 0 Å². The predicted molar refractivity (Wildman–Crippen MR) is 64.2 cm³/mol. The van der Waals surface area contributed by atoms with Crippen LogP contribution in [-0.2, 0) is 0 Å². The Balaban J connectivity index is 3.47. The summed E-state index contributed by atoms with van der Waals surface area (Å²) >= 11 is 5.00. The second kappa shape index (κ2) is 10.4. The standard InChI is InChI=1S/C12H25S/c1-3-5-8-12(9-6-4-2)10-7-11-13/h12H,3-11H2,1-2H3. The van der Waals surface area contributed by atoms with Crippen LogP contribution in [0, 0.1) is 5.92 Å². The highest BCUT2D eigenvalue weighted by Crippen LogP contribution is 2.21. The van der Waals surface area contributed by atoms with E-state index in [9.17, 15) is 0 Å². The maximum Gasteiger partial charge on any atom is 0.00370 e. The molecule has 1 heteroatoms. The molecule has 0 amide bonds. The van der Waals surface area contributed by atoms with E-state index < -0.39 is 0 Å². The molecule has 0 aromatic heterocycles. The molecule has 0 N–H and O–H groups in total. The topological polar surface area (TPSA) is 0 Å². The van der Waals surface area contributed by atoms with Crippen LogP contribution >= 0.6 is 12.6 Å². The van der Waals surface area contributed by atoms with Crippen molar-refractivity contribution >= 4 is 12.6 Å². The van der Waals surface area contributed by atoms with Gasteiger partial charge in [-0.2, -0.15) is 0 Å². The van der Waals surface area contributed by atoms with E-state index in [1.54, 1.807) is 0 Å². The van der Waals surface area contributed by atoms with Gasteiger partial charge in [-0.25, -0.2) is 0 Å². The summed E-state index contributed by atoms with van der Waals surface area (Å²) in [6.07, 6.45) is 11.0. The van der Waals surface area contributed by atoms with Crippen molar-refractivity contribution in [2.24, 2.45) is 5.92 Å². The Bertz CT molecular complexity index is 72.1. The average molecular weight is 201 g/mol. The Labute approximate surface area is 89.9 Å². The van der Waals surface area contributed by atoms with Gasteiger partial charge in [0, 0.05) is 5.75 Å². The van der Waals surface area contributed by atoms with Crippen molar-refractivity contribution < 1.29 is 0 Å². The molecule has 0 atom stereocenters. The summed E-state index contributed by atoms with van der Waals surface area (Å²) in [5, 5.41) is 0. The van der Waals surface area contributed by atoms with Crippen LogP contribution in [0.25, 0.3) is 0 Å². The number of hydrogen-bond acceptors (Lipinski definition) is 0. The first-order valence-corrected chi connectivity index (χ1v) is 6.50. The van der Waals surface area contributed by atoms with Gasteiger partial charge in [0.15, 0.2) is 0 Å². The van der Waals surface area contributed by atoms with E-state index in [1.807, 2.05) is 0 Å². The van der Waals surface area contributed by atoms with Gasteiger partial charge in [0.05, 0.1) is 0 Å². The van der Waals surface area contributed by atoms with E-state index in [0.717, 1.165) is 11.7 Å². The molecule has 0 aromatic rings. The zero-order chi connectivity index (χ0) is 9.94. The molecule has 1 radical (unpaired) electrons. The summed E-state index contributed by atoms with van der Waals surface area (Å²) < 4.78 is 0. The summed E-state index contributed by atoms with van der Waals surface area (Å²) in [5.74, 6) is 1.93. The van der Waals surface area contributed by atoms with E-state index in [4.69, 9.17) is 12.6 Å². The van der Waals surface area contributed by atoms with Crippen LogP contribution in [0.4, 0.5) is 0 Å². The van der Waals surface area contributed by atoms with Crippen LogP contribution in [0.2, 0.25) is 0 Å². The van der Waals surface area contributed by atoms with Crippen molar-refractivity contribution in [3.8, 4) is 0 Å². The molecule has 0 rings (SSSR count). The zero-order valence-electron chi connectivity index (χ0n) is 9.35. The first-order valence-electron chi connectivity index (χ1n) is 5.93. The third-order valence-electron chi connectivity index (χ3n) is 2.69. The van der Waals surface area contributed by atoms with Crippen LogP contribution < -0.4 is 0 Å². The largest absolute Gasteiger partial charge is 0.0942 e. The van der Waals surface area contributed by atoms with Crippen LogP contribution in [0.15, 0.2) is 0 Å². The minimum Gasteiger partial charge on any atom is -0.0942 e.